The van der Waals surface area contributed by atoms with E-state index in [1.807, 2.05) is 18.2 Å². The molecule has 2 aromatic heterocycles. The molecule has 10 aromatic rings. The van der Waals surface area contributed by atoms with Crippen LogP contribution in [0.5, 0.6) is 0 Å². The Morgan fingerprint density at radius 2 is 0.830 bits per heavy atom. The molecule has 8 aromatic carbocycles. The molecule has 248 valence electrons. The van der Waals surface area contributed by atoms with Gasteiger partial charge in [0.15, 0.2) is 17.5 Å². The molecule has 0 fully saturated rings. The zero-order valence-electron chi connectivity index (χ0n) is 28.6. The first-order valence-corrected chi connectivity index (χ1v) is 18.6. The minimum atomic E-state index is 0.651. The highest BCUT2D eigenvalue weighted by molar-refractivity contribution is 7.26. The lowest BCUT2D eigenvalue weighted by Gasteiger charge is -2.15. The smallest absolute Gasteiger partial charge is 0.165 e. The number of hydrogen-bond donors (Lipinski definition) is 0. The number of rotatable bonds is 6. The third-order valence-corrected chi connectivity index (χ3v) is 11.2. The Bertz CT molecular complexity index is 2910. The fourth-order valence-corrected chi connectivity index (χ4v) is 8.56. The molecule has 0 saturated carbocycles. The lowest BCUT2D eigenvalue weighted by atomic mass is 9.89. The van der Waals surface area contributed by atoms with Crippen LogP contribution in [-0.4, -0.2) is 15.0 Å². The van der Waals surface area contributed by atoms with Crippen molar-refractivity contribution >= 4 is 42.3 Å². The molecule has 0 aliphatic heterocycles. The van der Waals surface area contributed by atoms with Crippen LogP contribution in [0.2, 0.25) is 0 Å². The van der Waals surface area contributed by atoms with Gasteiger partial charge in [0, 0.05) is 36.9 Å². The topological polar surface area (TPSA) is 38.7 Å². The van der Waals surface area contributed by atoms with Gasteiger partial charge in [-0.1, -0.05) is 176 Å². The minimum Gasteiger partial charge on any atom is -0.208 e. The number of fused-ring (bicyclic) bond motifs is 4. The fourth-order valence-electron chi connectivity index (χ4n) is 7.35. The van der Waals surface area contributed by atoms with Gasteiger partial charge in [-0.05, 0) is 56.3 Å². The summed E-state index contributed by atoms with van der Waals surface area (Å²) in [6, 6.07) is 66.4. The number of benzene rings is 8. The van der Waals surface area contributed by atoms with Crippen LogP contribution in [0.15, 0.2) is 188 Å². The fraction of sp³-hybridized carbons (Fsp3) is 0. The predicted molar refractivity (Wildman–Crippen MR) is 223 cm³/mol. The SMILES string of the molecule is c1ccc(-c2nc(-c3ccc(-c4ccc(-c5c(-c6ccccc6)ccc6ccccc56)cc4)cc3)nc(-c3cccc4c3sc3ccccc34)n2)cc1. The first kappa shape index (κ1) is 31.0. The van der Waals surface area contributed by atoms with Crippen molar-refractivity contribution in [2.45, 2.75) is 0 Å². The van der Waals surface area contributed by atoms with E-state index in [0.717, 1.165) is 27.8 Å². The van der Waals surface area contributed by atoms with Crippen LogP contribution in [0.25, 0.3) is 98.5 Å². The zero-order chi connectivity index (χ0) is 35.1. The van der Waals surface area contributed by atoms with Gasteiger partial charge in [-0.3, -0.25) is 0 Å². The van der Waals surface area contributed by atoms with Crippen LogP contribution < -0.4 is 0 Å². The number of nitrogens with zero attached hydrogens (tertiary/aromatic N) is 3. The highest BCUT2D eigenvalue weighted by Crippen LogP contribution is 2.41. The van der Waals surface area contributed by atoms with Crippen LogP contribution in [0.1, 0.15) is 0 Å². The Balaban J connectivity index is 1.03. The normalized spacial score (nSPS) is 11.4. The van der Waals surface area contributed by atoms with Crippen LogP contribution in [-0.2, 0) is 0 Å². The second-order valence-corrected chi connectivity index (χ2v) is 14.2. The first-order valence-electron chi connectivity index (χ1n) is 17.8. The van der Waals surface area contributed by atoms with Gasteiger partial charge in [0.25, 0.3) is 0 Å². The summed E-state index contributed by atoms with van der Waals surface area (Å²) >= 11 is 1.79. The average Bonchev–Trinajstić information content (AvgIpc) is 3.63. The number of aromatic nitrogens is 3. The Morgan fingerprint density at radius 1 is 0.302 bits per heavy atom. The van der Waals surface area contributed by atoms with E-state index in [9.17, 15) is 0 Å². The Morgan fingerprint density at radius 3 is 1.55 bits per heavy atom. The van der Waals surface area contributed by atoms with Crippen LogP contribution in [0, 0.1) is 0 Å². The van der Waals surface area contributed by atoms with E-state index in [-0.39, 0.29) is 0 Å². The van der Waals surface area contributed by atoms with E-state index in [0.29, 0.717) is 17.5 Å². The standard InChI is InChI=1S/C49H31N3S/c1-3-12-34(13-4-1)40-31-30-35-14-7-8-17-39(35)45(40)36-26-22-32(23-27-36)33-24-28-38(29-25-33)48-50-47(37-15-5-2-6-16-37)51-49(52-48)43-20-11-19-42-41-18-9-10-21-44(41)53-46(42)43/h1-31H. The number of hydrogen-bond acceptors (Lipinski definition) is 4. The van der Waals surface area contributed by atoms with E-state index < -0.39 is 0 Å². The second kappa shape index (κ2) is 13.1. The molecule has 0 radical (unpaired) electrons. The monoisotopic (exact) mass is 693 g/mol. The first-order chi connectivity index (χ1) is 26.3. The predicted octanol–water partition coefficient (Wildman–Crippen LogP) is 13.4. The quantitative estimate of drug-likeness (QED) is 0.174. The molecule has 0 spiro atoms. The largest absolute Gasteiger partial charge is 0.208 e. The Hall–Kier alpha value is -6.75. The van der Waals surface area contributed by atoms with Crippen molar-refractivity contribution in [1.29, 1.82) is 0 Å². The highest BCUT2D eigenvalue weighted by Gasteiger charge is 2.17. The lowest BCUT2D eigenvalue weighted by molar-refractivity contribution is 1.08. The van der Waals surface area contributed by atoms with Crippen LogP contribution in [0.4, 0.5) is 0 Å². The van der Waals surface area contributed by atoms with Crippen molar-refractivity contribution < 1.29 is 0 Å². The molecule has 0 aliphatic rings. The molecule has 0 amide bonds. The van der Waals surface area contributed by atoms with E-state index in [1.54, 1.807) is 11.3 Å². The van der Waals surface area contributed by atoms with Crippen molar-refractivity contribution in [3.8, 4) is 67.5 Å². The molecule has 0 bridgehead atoms. The van der Waals surface area contributed by atoms with Gasteiger partial charge in [-0.25, -0.2) is 15.0 Å². The number of thiophene rings is 1. The van der Waals surface area contributed by atoms with E-state index >= 15 is 0 Å². The summed E-state index contributed by atoms with van der Waals surface area (Å²) in [5.74, 6) is 1.99. The molecular formula is C49H31N3S. The molecular weight excluding hydrogens is 663 g/mol. The third kappa shape index (κ3) is 5.66. The molecule has 53 heavy (non-hydrogen) atoms. The maximum atomic E-state index is 5.11. The van der Waals surface area contributed by atoms with Crippen molar-refractivity contribution in [2.75, 3.05) is 0 Å². The molecule has 10 rings (SSSR count). The molecule has 0 saturated heterocycles. The Kier molecular flexibility index (Phi) is 7.67. The highest BCUT2D eigenvalue weighted by atomic mass is 32.1. The van der Waals surface area contributed by atoms with Gasteiger partial charge >= 0.3 is 0 Å². The van der Waals surface area contributed by atoms with E-state index in [2.05, 4.69) is 170 Å². The molecule has 2 heterocycles. The van der Waals surface area contributed by atoms with Gasteiger partial charge in [0.2, 0.25) is 0 Å². The summed E-state index contributed by atoms with van der Waals surface area (Å²) < 4.78 is 2.44. The van der Waals surface area contributed by atoms with Crippen molar-refractivity contribution in [3.05, 3.63) is 188 Å². The maximum absolute atomic E-state index is 5.11. The van der Waals surface area contributed by atoms with Crippen molar-refractivity contribution in [1.82, 2.24) is 15.0 Å². The molecule has 0 unspecified atom stereocenters. The summed E-state index contributed by atoms with van der Waals surface area (Å²) in [5, 5.41) is 4.96. The lowest BCUT2D eigenvalue weighted by Crippen LogP contribution is -2.00. The van der Waals surface area contributed by atoms with Gasteiger partial charge < -0.3 is 0 Å². The van der Waals surface area contributed by atoms with Crippen molar-refractivity contribution in [3.63, 3.8) is 0 Å². The van der Waals surface area contributed by atoms with Gasteiger partial charge in [-0.2, -0.15) is 0 Å². The summed E-state index contributed by atoms with van der Waals surface area (Å²) in [7, 11) is 0. The molecule has 3 nitrogen and oxygen atoms in total. The van der Waals surface area contributed by atoms with Gasteiger partial charge in [0.1, 0.15) is 0 Å². The molecule has 0 N–H and O–H groups in total. The minimum absolute atomic E-state index is 0.651. The summed E-state index contributed by atoms with van der Waals surface area (Å²) in [6.07, 6.45) is 0. The van der Waals surface area contributed by atoms with Crippen LogP contribution >= 0.6 is 11.3 Å². The summed E-state index contributed by atoms with van der Waals surface area (Å²) in [5.41, 5.74) is 10.1. The Labute approximate surface area is 311 Å². The van der Waals surface area contributed by atoms with E-state index in [1.165, 1.54) is 53.2 Å². The molecule has 4 heteroatoms. The molecule has 0 aliphatic carbocycles. The molecule has 0 atom stereocenters. The van der Waals surface area contributed by atoms with Crippen LogP contribution in [0.3, 0.4) is 0 Å². The van der Waals surface area contributed by atoms with Crippen molar-refractivity contribution in [2.24, 2.45) is 0 Å². The summed E-state index contributed by atoms with van der Waals surface area (Å²) in [4.78, 5) is 15.2. The maximum Gasteiger partial charge on any atom is 0.165 e. The van der Waals surface area contributed by atoms with Gasteiger partial charge in [0.05, 0.1) is 0 Å². The van der Waals surface area contributed by atoms with Gasteiger partial charge in [-0.15, -0.1) is 11.3 Å². The second-order valence-electron chi connectivity index (χ2n) is 13.2. The summed E-state index contributed by atoms with van der Waals surface area (Å²) in [6.45, 7) is 0. The average molecular weight is 694 g/mol. The zero-order valence-corrected chi connectivity index (χ0v) is 29.5. The third-order valence-electron chi connectivity index (χ3n) is 9.98. The van der Waals surface area contributed by atoms with E-state index in [4.69, 9.17) is 15.0 Å².